The average molecular weight is 530 g/mol. The first-order valence-corrected chi connectivity index (χ1v) is 14.3. The summed E-state index contributed by atoms with van der Waals surface area (Å²) in [5.74, 6) is 0.914. The van der Waals surface area contributed by atoms with Gasteiger partial charge in [-0.3, -0.25) is 4.57 Å². The summed E-state index contributed by atoms with van der Waals surface area (Å²) < 4.78 is 4.62. The van der Waals surface area contributed by atoms with Gasteiger partial charge in [-0.05, 0) is 66.9 Å². The Labute approximate surface area is 240 Å². The van der Waals surface area contributed by atoms with Gasteiger partial charge in [0.2, 0.25) is 0 Å². The van der Waals surface area contributed by atoms with Crippen molar-refractivity contribution in [2.24, 2.45) is 0 Å². The van der Waals surface area contributed by atoms with E-state index in [1.54, 1.807) is 0 Å². The summed E-state index contributed by atoms with van der Waals surface area (Å²) in [7, 11) is 0. The summed E-state index contributed by atoms with van der Waals surface area (Å²) in [5, 5.41) is 3.65. The van der Waals surface area contributed by atoms with E-state index in [0.29, 0.717) is 0 Å². The van der Waals surface area contributed by atoms with Crippen molar-refractivity contribution in [3.63, 3.8) is 0 Å². The van der Waals surface area contributed by atoms with Gasteiger partial charge in [0.05, 0.1) is 22.2 Å². The number of allylic oxidation sites excluding steroid dienone is 4. The van der Waals surface area contributed by atoms with Crippen LogP contribution in [-0.2, 0) is 0 Å². The van der Waals surface area contributed by atoms with Gasteiger partial charge in [-0.15, -0.1) is 0 Å². The van der Waals surface area contributed by atoms with Crippen molar-refractivity contribution in [2.45, 2.75) is 20.3 Å². The summed E-state index contributed by atoms with van der Waals surface area (Å²) >= 11 is 0. The number of pyridine rings is 1. The zero-order chi connectivity index (χ0) is 27.8. The highest BCUT2D eigenvalue weighted by Gasteiger charge is 2.19. The first kappa shape index (κ1) is 24.9. The monoisotopic (exact) mass is 529 g/mol. The summed E-state index contributed by atoms with van der Waals surface area (Å²) in [4.78, 5) is 5.32. The van der Waals surface area contributed by atoms with Gasteiger partial charge in [0.15, 0.2) is 0 Å². The molecule has 0 aliphatic heterocycles. The van der Waals surface area contributed by atoms with Crippen molar-refractivity contribution in [3.05, 3.63) is 145 Å². The van der Waals surface area contributed by atoms with E-state index in [1.165, 1.54) is 32.8 Å². The topological polar surface area (TPSA) is 22.8 Å². The Hall–Kier alpha value is -5.15. The van der Waals surface area contributed by atoms with E-state index >= 15 is 0 Å². The van der Waals surface area contributed by atoms with Crippen LogP contribution in [0.25, 0.3) is 61.0 Å². The standard InChI is InChI=1S/C38H31N3/c1-3-5-14-27(4-2)29-25-34(28-15-8-6-9-16-28)39-37(26-29)41-36-20-13-12-19-31(36)32-21-22-35-33(38(32)41)23-24-40(35)30-17-10-7-11-18-30/h4-26H,3H2,1-2H3/b14-5-,27-4+. The number of aromatic nitrogens is 3. The van der Waals surface area contributed by atoms with Crippen molar-refractivity contribution >= 4 is 38.3 Å². The molecule has 3 heterocycles. The quantitative estimate of drug-likeness (QED) is 0.197. The Morgan fingerprint density at radius 3 is 2.27 bits per heavy atom. The van der Waals surface area contributed by atoms with Crippen LogP contribution in [0.5, 0.6) is 0 Å². The van der Waals surface area contributed by atoms with Crippen molar-refractivity contribution in [2.75, 3.05) is 0 Å². The summed E-state index contributed by atoms with van der Waals surface area (Å²) in [6.45, 7) is 4.27. The molecule has 0 saturated heterocycles. The Kier molecular flexibility index (Phi) is 6.33. The minimum absolute atomic E-state index is 0.914. The second-order valence-corrected chi connectivity index (χ2v) is 10.3. The number of para-hydroxylation sites is 2. The molecule has 0 saturated carbocycles. The third kappa shape index (κ3) is 4.27. The highest BCUT2D eigenvalue weighted by atomic mass is 15.1. The Morgan fingerprint density at radius 1 is 0.732 bits per heavy atom. The number of hydrogen-bond donors (Lipinski definition) is 0. The fourth-order valence-electron chi connectivity index (χ4n) is 5.89. The molecule has 0 bridgehead atoms. The molecule has 4 aromatic carbocycles. The van der Waals surface area contributed by atoms with Gasteiger partial charge < -0.3 is 4.57 Å². The summed E-state index contributed by atoms with van der Waals surface area (Å²) in [6, 6.07) is 40.9. The molecule has 0 amide bonds. The van der Waals surface area contributed by atoms with Gasteiger partial charge in [-0.25, -0.2) is 4.98 Å². The molecule has 3 heteroatoms. The maximum absolute atomic E-state index is 5.32. The van der Waals surface area contributed by atoms with Crippen LogP contribution in [0.2, 0.25) is 0 Å². The molecule has 3 aromatic heterocycles. The molecule has 0 fully saturated rings. The highest BCUT2D eigenvalue weighted by molar-refractivity contribution is 6.18. The molecule has 0 radical (unpaired) electrons. The van der Waals surface area contributed by atoms with Crippen LogP contribution in [0.1, 0.15) is 25.8 Å². The maximum atomic E-state index is 5.32. The van der Waals surface area contributed by atoms with E-state index in [9.17, 15) is 0 Å². The van der Waals surface area contributed by atoms with Gasteiger partial charge in [-0.2, -0.15) is 0 Å². The largest absolute Gasteiger partial charge is 0.316 e. The molecule has 198 valence electrons. The number of hydrogen-bond acceptors (Lipinski definition) is 1. The smallest absolute Gasteiger partial charge is 0.138 e. The van der Waals surface area contributed by atoms with E-state index in [1.807, 2.05) is 0 Å². The second-order valence-electron chi connectivity index (χ2n) is 10.3. The van der Waals surface area contributed by atoms with Crippen molar-refractivity contribution < 1.29 is 0 Å². The molecular weight excluding hydrogens is 498 g/mol. The predicted octanol–water partition coefficient (Wildman–Crippen LogP) is 10.2. The number of nitrogens with zero attached hydrogens (tertiary/aromatic N) is 3. The van der Waals surface area contributed by atoms with E-state index in [0.717, 1.165) is 40.3 Å². The first-order valence-electron chi connectivity index (χ1n) is 14.3. The predicted molar refractivity (Wildman–Crippen MR) is 174 cm³/mol. The van der Waals surface area contributed by atoms with Crippen LogP contribution in [0, 0.1) is 0 Å². The lowest BCUT2D eigenvalue weighted by molar-refractivity contribution is 1.08. The number of benzene rings is 4. The molecule has 0 atom stereocenters. The minimum Gasteiger partial charge on any atom is -0.316 e. The average Bonchev–Trinajstić information content (AvgIpc) is 3.62. The van der Waals surface area contributed by atoms with Crippen LogP contribution in [0.3, 0.4) is 0 Å². The summed E-state index contributed by atoms with van der Waals surface area (Å²) in [6.07, 6.45) is 9.79. The molecule has 0 aliphatic rings. The Balaban J connectivity index is 1.57. The van der Waals surface area contributed by atoms with Gasteiger partial charge >= 0.3 is 0 Å². The van der Waals surface area contributed by atoms with E-state index in [2.05, 4.69) is 163 Å². The molecule has 3 nitrogen and oxygen atoms in total. The third-order valence-corrected chi connectivity index (χ3v) is 7.82. The first-order chi connectivity index (χ1) is 20.3. The molecule has 7 rings (SSSR count). The zero-order valence-corrected chi connectivity index (χ0v) is 23.3. The van der Waals surface area contributed by atoms with Crippen molar-refractivity contribution in [3.8, 4) is 22.8 Å². The minimum atomic E-state index is 0.914. The maximum Gasteiger partial charge on any atom is 0.138 e. The van der Waals surface area contributed by atoms with Crippen LogP contribution in [-0.4, -0.2) is 14.1 Å². The van der Waals surface area contributed by atoms with E-state index in [4.69, 9.17) is 4.98 Å². The Morgan fingerprint density at radius 2 is 1.49 bits per heavy atom. The Bertz CT molecular complexity index is 2070. The van der Waals surface area contributed by atoms with Crippen molar-refractivity contribution in [1.29, 1.82) is 0 Å². The van der Waals surface area contributed by atoms with Crippen LogP contribution < -0.4 is 0 Å². The lowest BCUT2D eigenvalue weighted by atomic mass is 10.0. The molecule has 41 heavy (non-hydrogen) atoms. The normalized spacial score (nSPS) is 12.3. The molecule has 7 aromatic rings. The molecule has 0 spiro atoms. The molecule has 0 unspecified atom stereocenters. The van der Waals surface area contributed by atoms with E-state index < -0.39 is 0 Å². The van der Waals surface area contributed by atoms with Crippen LogP contribution in [0.15, 0.2) is 140 Å². The van der Waals surface area contributed by atoms with Gasteiger partial charge in [-0.1, -0.05) is 97.9 Å². The fourth-order valence-corrected chi connectivity index (χ4v) is 5.89. The highest BCUT2D eigenvalue weighted by Crippen LogP contribution is 2.38. The van der Waals surface area contributed by atoms with Crippen LogP contribution >= 0.6 is 0 Å². The lowest BCUT2D eigenvalue weighted by Crippen LogP contribution is -2.01. The molecule has 0 aliphatic carbocycles. The van der Waals surface area contributed by atoms with E-state index in [-0.39, 0.29) is 0 Å². The SMILES string of the molecule is C/C=C(\C=C/CC)c1cc(-c2ccccc2)nc(-n2c3ccccc3c3ccc4c(ccn4-c4ccccc4)c32)c1. The fraction of sp³-hybridized carbons (Fsp3) is 0.0789. The molecule has 0 N–H and O–H groups in total. The molecular formula is C38H31N3. The second kappa shape index (κ2) is 10.4. The number of fused-ring (bicyclic) bond motifs is 5. The lowest BCUT2D eigenvalue weighted by Gasteiger charge is -2.14. The van der Waals surface area contributed by atoms with Gasteiger partial charge in [0, 0.05) is 33.6 Å². The third-order valence-electron chi connectivity index (χ3n) is 7.82. The number of rotatable bonds is 6. The zero-order valence-electron chi connectivity index (χ0n) is 23.3. The van der Waals surface area contributed by atoms with Gasteiger partial charge in [0.1, 0.15) is 5.82 Å². The van der Waals surface area contributed by atoms with Crippen molar-refractivity contribution in [1.82, 2.24) is 14.1 Å². The summed E-state index contributed by atoms with van der Waals surface area (Å²) in [5.41, 5.74) is 9.05. The van der Waals surface area contributed by atoms with Gasteiger partial charge in [0.25, 0.3) is 0 Å². The van der Waals surface area contributed by atoms with Crippen LogP contribution in [0.4, 0.5) is 0 Å².